The predicted octanol–water partition coefficient (Wildman–Crippen LogP) is 3.24. The highest BCUT2D eigenvalue weighted by molar-refractivity contribution is 5.89. The van der Waals surface area contributed by atoms with E-state index in [2.05, 4.69) is 6.58 Å². The van der Waals surface area contributed by atoms with Crippen molar-refractivity contribution in [3.8, 4) is 0 Å². The zero-order valence-electron chi connectivity index (χ0n) is 8.99. The van der Waals surface area contributed by atoms with Crippen LogP contribution in [-0.2, 0) is 4.74 Å². The van der Waals surface area contributed by atoms with Gasteiger partial charge in [-0.3, -0.25) is 0 Å². The Bertz CT molecular complexity index is 386. The number of hydrogen-bond donors (Lipinski definition) is 0. The smallest absolute Gasteiger partial charge is 0.342 e. The number of allylic oxidation sites excluding steroid dienone is 2. The second-order valence-corrected chi connectivity index (χ2v) is 3.42. The monoisotopic (exact) mass is 202 g/mol. The number of hydrogen-bond acceptors (Lipinski definition) is 2. The molecule has 0 aromatic heterocycles. The SMILES string of the molecule is C=C(C)/C=C\OC(=O)c1ccc(C)cc1. The highest BCUT2D eigenvalue weighted by atomic mass is 16.5. The van der Waals surface area contributed by atoms with Gasteiger partial charge in [-0.15, -0.1) is 0 Å². The van der Waals surface area contributed by atoms with E-state index < -0.39 is 0 Å². The minimum absolute atomic E-state index is 0.354. The lowest BCUT2D eigenvalue weighted by molar-refractivity contribution is 0.0663. The lowest BCUT2D eigenvalue weighted by Crippen LogP contribution is -1.99. The average Bonchev–Trinajstić information content (AvgIpc) is 2.18. The van der Waals surface area contributed by atoms with Crippen LogP contribution in [0.1, 0.15) is 22.8 Å². The Morgan fingerprint density at radius 3 is 2.47 bits per heavy atom. The fourth-order valence-electron chi connectivity index (χ4n) is 0.970. The van der Waals surface area contributed by atoms with Crippen LogP contribution in [0.15, 0.2) is 48.8 Å². The molecule has 1 rings (SSSR count). The first kappa shape index (κ1) is 11.2. The number of carbonyl (C=O) groups excluding carboxylic acids is 1. The molecule has 0 spiro atoms. The van der Waals surface area contributed by atoms with Crippen LogP contribution in [0.25, 0.3) is 0 Å². The number of rotatable bonds is 3. The molecule has 1 aromatic rings. The van der Waals surface area contributed by atoms with E-state index in [-0.39, 0.29) is 5.97 Å². The molecule has 0 amide bonds. The zero-order valence-corrected chi connectivity index (χ0v) is 8.99. The molecule has 1 aromatic carbocycles. The van der Waals surface area contributed by atoms with Gasteiger partial charge in [0.15, 0.2) is 0 Å². The van der Waals surface area contributed by atoms with Gasteiger partial charge in [0.05, 0.1) is 11.8 Å². The van der Waals surface area contributed by atoms with E-state index in [4.69, 9.17) is 4.74 Å². The van der Waals surface area contributed by atoms with Crippen molar-refractivity contribution in [2.45, 2.75) is 13.8 Å². The van der Waals surface area contributed by atoms with Gasteiger partial charge in [0.1, 0.15) is 0 Å². The molecule has 0 aliphatic rings. The largest absolute Gasteiger partial charge is 0.431 e. The maximum atomic E-state index is 11.4. The van der Waals surface area contributed by atoms with E-state index in [0.717, 1.165) is 11.1 Å². The topological polar surface area (TPSA) is 26.3 Å². The van der Waals surface area contributed by atoms with Crippen molar-refractivity contribution < 1.29 is 9.53 Å². The number of esters is 1. The van der Waals surface area contributed by atoms with E-state index in [1.807, 2.05) is 26.0 Å². The van der Waals surface area contributed by atoms with Crippen LogP contribution in [0.4, 0.5) is 0 Å². The van der Waals surface area contributed by atoms with E-state index >= 15 is 0 Å². The molecule has 0 radical (unpaired) electrons. The van der Waals surface area contributed by atoms with Crippen LogP contribution in [-0.4, -0.2) is 5.97 Å². The van der Waals surface area contributed by atoms with Crippen molar-refractivity contribution >= 4 is 5.97 Å². The molecule has 0 fully saturated rings. The lowest BCUT2D eigenvalue weighted by Gasteiger charge is -1.99. The summed E-state index contributed by atoms with van der Waals surface area (Å²) in [5.41, 5.74) is 2.50. The van der Waals surface area contributed by atoms with Gasteiger partial charge in [-0.05, 0) is 32.1 Å². The molecule has 0 unspecified atom stereocenters. The third-order valence-corrected chi connectivity index (χ3v) is 1.81. The Morgan fingerprint density at radius 1 is 1.33 bits per heavy atom. The van der Waals surface area contributed by atoms with E-state index in [1.54, 1.807) is 18.2 Å². The molecule has 0 aliphatic carbocycles. The van der Waals surface area contributed by atoms with E-state index in [9.17, 15) is 4.79 Å². The van der Waals surface area contributed by atoms with Crippen LogP contribution in [0.5, 0.6) is 0 Å². The number of aryl methyl sites for hydroxylation is 1. The molecule has 78 valence electrons. The third kappa shape index (κ3) is 3.81. The van der Waals surface area contributed by atoms with Gasteiger partial charge in [-0.2, -0.15) is 0 Å². The summed E-state index contributed by atoms with van der Waals surface area (Å²) in [4.78, 5) is 11.4. The van der Waals surface area contributed by atoms with Crippen molar-refractivity contribution in [2.75, 3.05) is 0 Å². The fraction of sp³-hybridized carbons (Fsp3) is 0.154. The molecular formula is C13H14O2. The molecule has 0 saturated heterocycles. The molecule has 0 heterocycles. The second kappa shape index (κ2) is 5.15. The second-order valence-electron chi connectivity index (χ2n) is 3.42. The van der Waals surface area contributed by atoms with Crippen molar-refractivity contribution in [3.63, 3.8) is 0 Å². The van der Waals surface area contributed by atoms with E-state index in [1.165, 1.54) is 6.26 Å². The number of benzene rings is 1. The molecule has 15 heavy (non-hydrogen) atoms. The van der Waals surface area contributed by atoms with Crippen LogP contribution < -0.4 is 0 Å². The van der Waals surface area contributed by atoms with Gasteiger partial charge in [0, 0.05) is 0 Å². The van der Waals surface area contributed by atoms with Gasteiger partial charge in [0.2, 0.25) is 0 Å². The summed E-state index contributed by atoms with van der Waals surface area (Å²) < 4.78 is 4.90. The van der Waals surface area contributed by atoms with Gasteiger partial charge in [-0.1, -0.05) is 29.8 Å². The van der Waals surface area contributed by atoms with Gasteiger partial charge < -0.3 is 4.74 Å². The first-order chi connectivity index (χ1) is 7.09. The normalized spacial score (nSPS) is 10.3. The Morgan fingerprint density at radius 2 is 1.93 bits per heavy atom. The Balaban J connectivity index is 2.62. The minimum atomic E-state index is -0.354. The van der Waals surface area contributed by atoms with Crippen LogP contribution in [0.3, 0.4) is 0 Å². The van der Waals surface area contributed by atoms with Gasteiger partial charge in [0.25, 0.3) is 0 Å². The summed E-state index contributed by atoms with van der Waals surface area (Å²) in [6, 6.07) is 7.23. The maximum Gasteiger partial charge on any atom is 0.342 e. The molecule has 0 N–H and O–H groups in total. The molecule has 2 heteroatoms. The molecule has 0 saturated carbocycles. The Labute approximate surface area is 89.9 Å². The molecule has 2 nitrogen and oxygen atoms in total. The van der Waals surface area contributed by atoms with Gasteiger partial charge >= 0.3 is 5.97 Å². The maximum absolute atomic E-state index is 11.4. The summed E-state index contributed by atoms with van der Waals surface area (Å²) in [5, 5.41) is 0. The fourth-order valence-corrected chi connectivity index (χ4v) is 0.970. The highest BCUT2D eigenvalue weighted by Gasteiger charge is 2.03. The van der Waals surface area contributed by atoms with E-state index in [0.29, 0.717) is 5.56 Å². The lowest BCUT2D eigenvalue weighted by atomic mass is 10.1. The summed E-state index contributed by atoms with van der Waals surface area (Å²) in [6.07, 6.45) is 3.00. The van der Waals surface area contributed by atoms with Crippen LogP contribution >= 0.6 is 0 Å². The zero-order chi connectivity index (χ0) is 11.3. The number of carbonyl (C=O) groups is 1. The van der Waals surface area contributed by atoms with Crippen LogP contribution in [0, 0.1) is 6.92 Å². The first-order valence-electron chi connectivity index (χ1n) is 4.69. The van der Waals surface area contributed by atoms with Crippen molar-refractivity contribution in [1.82, 2.24) is 0 Å². The minimum Gasteiger partial charge on any atom is -0.431 e. The quantitative estimate of drug-likeness (QED) is 0.427. The summed E-state index contributed by atoms with van der Waals surface area (Å²) >= 11 is 0. The predicted molar refractivity (Wildman–Crippen MR) is 60.5 cm³/mol. The number of ether oxygens (including phenoxy) is 1. The average molecular weight is 202 g/mol. The Kier molecular flexibility index (Phi) is 3.86. The van der Waals surface area contributed by atoms with Gasteiger partial charge in [-0.25, -0.2) is 4.79 Å². The van der Waals surface area contributed by atoms with Crippen molar-refractivity contribution in [2.24, 2.45) is 0 Å². The summed E-state index contributed by atoms with van der Waals surface area (Å²) in [6.45, 7) is 7.46. The Hall–Kier alpha value is -1.83. The molecule has 0 bridgehead atoms. The van der Waals surface area contributed by atoms with Crippen LogP contribution in [0.2, 0.25) is 0 Å². The summed E-state index contributed by atoms with van der Waals surface area (Å²) in [7, 11) is 0. The summed E-state index contributed by atoms with van der Waals surface area (Å²) in [5.74, 6) is -0.354. The standard InChI is InChI=1S/C13H14O2/c1-10(2)8-9-15-13(14)12-6-4-11(3)5-7-12/h4-9H,1H2,2-3H3/b9-8-. The molecular weight excluding hydrogens is 188 g/mol. The molecule has 0 atom stereocenters. The molecule has 0 aliphatic heterocycles. The first-order valence-corrected chi connectivity index (χ1v) is 4.69. The van der Waals surface area contributed by atoms with Crippen molar-refractivity contribution in [3.05, 3.63) is 59.9 Å². The highest BCUT2D eigenvalue weighted by Crippen LogP contribution is 2.05. The van der Waals surface area contributed by atoms with Crippen molar-refractivity contribution in [1.29, 1.82) is 0 Å². The third-order valence-electron chi connectivity index (χ3n) is 1.81.